The Kier molecular flexibility index (Phi) is 11.9. The molecule has 0 radical (unpaired) electrons. The molecule has 6 nitrogen and oxygen atoms in total. The van der Waals surface area contributed by atoms with Crippen LogP contribution in [-0.4, -0.2) is 54.1 Å². The number of thioether (sulfide) groups is 2. The molecule has 31 heavy (non-hydrogen) atoms. The van der Waals surface area contributed by atoms with Crippen LogP contribution in [0.4, 0.5) is 0 Å². The highest BCUT2D eigenvalue weighted by atomic mass is 35.5. The van der Waals surface area contributed by atoms with Crippen molar-refractivity contribution < 1.29 is 14.3 Å². The highest BCUT2D eigenvalue weighted by Crippen LogP contribution is 2.27. The minimum absolute atomic E-state index is 0. The molecule has 0 aromatic heterocycles. The average molecular weight is 488 g/mol. The molecule has 0 unspecified atom stereocenters. The molecule has 2 atom stereocenters. The van der Waals surface area contributed by atoms with Crippen molar-refractivity contribution in [2.45, 2.75) is 50.1 Å². The molecule has 1 saturated carbocycles. The summed E-state index contributed by atoms with van der Waals surface area (Å²) in [4.78, 5) is 25.5. The molecule has 1 aliphatic heterocycles. The van der Waals surface area contributed by atoms with Gasteiger partial charge in [0, 0.05) is 24.6 Å². The first kappa shape index (κ1) is 26.2. The summed E-state index contributed by atoms with van der Waals surface area (Å²) in [6.07, 6.45) is 6.56. The monoisotopic (exact) mass is 487 g/mol. The van der Waals surface area contributed by atoms with Crippen molar-refractivity contribution in [1.82, 2.24) is 16.0 Å². The van der Waals surface area contributed by atoms with E-state index in [4.69, 9.17) is 4.74 Å². The van der Waals surface area contributed by atoms with Crippen molar-refractivity contribution in [3.63, 3.8) is 0 Å². The van der Waals surface area contributed by atoms with E-state index in [1.165, 1.54) is 32.1 Å². The van der Waals surface area contributed by atoms with Crippen LogP contribution >= 0.6 is 35.9 Å². The number of halogens is 1. The summed E-state index contributed by atoms with van der Waals surface area (Å²) >= 11 is 3.38. The zero-order valence-electron chi connectivity index (χ0n) is 18.1. The predicted molar refractivity (Wildman–Crippen MR) is 132 cm³/mol. The maximum Gasteiger partial charge on any atom is 0.248 e. The second-order valence-electron chi connectivity index (χ2n) is 7.87. The summed E-state index contributed by atoms with van der Waals surface area (Å²) in [7, 11) is 1.63. The van der Waals surface area contributed by atoms with E-state index < -0.39 is 6.04 Å². The zero-order chi connectivity index (χ0) is 21.2. The summed E-state index contributed by atoms with van der Waals surface area (Å²) in [5.74, 6) is 3.90. The van der Waals surface area contributed by atoms with Gasteiger partial charge in [0.1, 0.15) is 17.2 Å². The number of methoxy groups -OCH3 is 1. The Morgan fingerprint density at radius 2 is 1.97 bits per heavy atom. The average Bonchev–Trinajstić information content (AvgIpc) is 3.33. The lowest BCUT2D eigenvalue weighted by Crippen LogP contribution is -2.52. The molecule has 174 valence electrons. The number of carbonyl (C=O) groups excluding carboxylic acids is 2. The Morgan fingerprint density at radius 1 is 1.23 bits per heavy atom. The van der Waals surface area contributed by atoms with Gasteiger partial charge in [-0.25, -0.2) is 0 Å². The largest absolute Gasteiger partial charge is 0.497 e. The van der Waals surface area contributed by atoms with Crippen LogP contribution < -0.4 is 20.7 Å². The van der Waals surface area contributed by atoms with Crippen LogP contribution in [0.15, 0.2) is 24.3 Å². The van der Waals surface area contributed by atoms with Crippen molar-refractivity contribution >= 4 is 47.7 Å². The zero-order valence-corrected chi connectivity index (χ0v) is 20.5. The summed E-state index contributed by atoms with van der Waals surface area (Å²) in [5, 5.41) is 8.88. The van der Waals surface area contributed by atoms with Gasteiger partial charge in [-0.05, 0) is 42.2 Å². The summed E-state index contributed by atoms with van der Waals surface area (Å²) in [6, 6.07) is 7.10. The fourth-order valence-electron chi connectivity index (χ4n) is 3.79. The molecule has 2 aliphatic rings. The van der Waals surface area contributed by atoms with E-state index >= 15 is 0 Å². The highest BCUT2D eigenvalue weighted by Gasteiger charge is 2.28. The molecule has 3 N–H and O–H groups in total. The SMILES string of the molecule is COc1ccc(CNC(=O)[C@H](CSCC2CCCCC2)NC(=O)[C@@H]2NCCS2)cc1.Cl. The number of hydrogen-bond acceptors (Lipinski definition) is 6. The fraction of sp³-hybridized carbons (Fsp3) is 0.636. The lowest BCUT2D eigenvalue weighted by molar-refractivity contribution is -0.128. The normalized spacial score (nSPS) is 19.8. The summed E-state index contributed by atoms with van der Waals surface area (Å²) in [5.41, 5.74) is 0.997. The first-order valence-corrected chi connectivity index (χ1v) is 13.0. The van der Waals surface area contributed by atoms with Gasteiger partial charge in [0.15, 0.2) is 0 Å². The van der Waals surface area contributed by atoms with E-state index in [9.17, 15) is 9.59 Å². The van der Waals surface area contributed by atoms with E-state index in [1.54, 1.807) is 30.6 Å². The maximum absolute atomic E-state index is 12.9. The van der Waals surface area contributed by atoms with Gasteiger partial charge < -0.3 is 15.4 Å². The molecule has 3 rings (SSSR count). The van der Waals surface area contributed by atoms with E-state index in [0.29, 0.717) is 12.3 Å². The first-order chi connectivity index (χ1) is 14.7. The molecule has 1 heterocycles. The number of ether oxygens (including phenoxy) is 1. The third kappa shape index (κ3) is 8.75. The number of carbonyl (C=O) groups is 2. The van der Waals surface area contributed by atoms with Crippen LogP contribution in [0.5, 0.6) is 5.75 Å². The molecular weight excluding hydrogens is 454 g/mol. The molecule has 1 aliphatic carbocycles. The molecule has 2 amide bonds. The van der Waals surface area contributed by atoms with E-state index in [-0.39, 0.29) is 29.6 Å². The van der Waals surface area contributed by atoms with Crippen LogP contribution in [0.2, 0.25) is 0 Å². The smallest absolute Gasteiger partial charge is 0.248 e. The van der Waals surface area contributed by atoms with Crippen LogP contribution in [0.25, 0.3) is 0 Å². The number of benzene rings is 1. The minimum Gasteiger partial charge on any atom is -0.497 e. The van der Waals surface area contributed by atoms with Crippen molar-refractivity contribution in [3.05, 3.63) is 29.8 Å². The fourth-order valence-corrected chi connectivity index (χ4v) is 5.99. The van der Waals surface area contributed by atoms with Gasteiger partial charge in [0.05, 0.1) is 7.11 Å². The molecule has 9 heteroatoms. The summed E-state index contributed by atoms with van der Waals surface area (Å²) in [6.45, 7) is 1.26. The van der Waals surface area contributed by atoms with Crippen LogP contribution in [0.3, 0.4) is 0 Å². The first-order valence-electron chi connectivity index (χ1n) is 10.8. The van der Waals surface area contributed by atoms with Gasteiger partial charge in [-0.15, -0.1) is 24.2 Å². The van der Waals surface area contributed by atoms with Gasteiger partial charge >= 0.3 is 0 Å². The Labute approximate surface area is 200 Å². The molecule has 1 aromatic rings. The highest BCUT2D eigenvalue weighted by molar-refractivity contribution is 8.00. The number of amides is 2. The third-order valence-corrected chi connectivity index (χ3v) is 8.01. The Bertz CT molecular complexity index is 681. The van der Waals surface area contributed by atoms with Crippen molar-refractivity contribution in [2.75, 3.05) is 30.9 Å². The van der Waals surface area contributed by atoms with E-state index in [1.807, 2.05) is 24.3 Å². The van der Waals surface area contributed by atoms with Crippen molar-refractivity contribution in [3.8, 4) is 5.75 Å². The lowest BCUT2D eigenvalue weighted by Gasteiger charge is -2.23. The van der Waals surface area contributed by atoms with Gasteiger partial charge in [-0.1, -0.05) is 31.4 Å². The van der Waals surface area contributed by atoms with Crippen LogP contribution in [0, 0.1) is 5.92 Å². The molecule has 1 aromatic carbocycles. The Balaban J connectivity index is 0.00000341. The van der Waals surface area contributed by atoms with Gasteiger partial charge in [-0.3, -0.25) is 14.9 Å². The minimum atomic E-state index is -0.521. The lowest BCUT2D eigenvalue weighted by atomic mass is 9.91. The maximum atomic E-state index is 12.9. The molecule has 0 spiro atoms. The van der Waals surface area contributed by atoms with Crippen molar-refractivity contribution in [1.29, 1.82) is 0 Å². The van der Waals surface area contributed by atoms with Crippen LogP contribution in [-0.2, 0) is 16.1 Å². The third-order valence-electron chi connectivity index (χ3n) is 5.58. The van der Waals surface area contributed by atoms with Crippen LogP contribution in [0.1, 0.15) is 37.7 Å². The van der Waals surface area contributed by atoms with E-state index in [2.05, 4.69) is 16.0 Å². The van der Waals surface area contributed by atoms with E-state index in [0.717, 1.165) is 35.3 Å². The predicted octanol–water partition coefficient (Wildman–Crippen LogP) is 3.19. The molecule has 1 saturated heterocycles. The number of rotatable bonds is 10. The van der Waals surface area contributed by atoms with Crippen molar-refractivity contribution in [2.24, 2.45) is 5.92 Å². The standard InChI is InChI=1S/C22H33N3O3S2.ClH/c1-28-18-9-7-16(8-10-18)13-24-20(26)19(25-21(27)22-23-11-12-30-22)15-29-14-17-5-3-2-4-6-17;/h7-10,17,19,22-23H,2-6,11-15H2,1H3,(H,24,26)(H,25,27);1H/t19-,22+;/m0./s1. The van der Waals surface area contributed by atoms with Gasteiger partial charge in [0.25, 0.3) is 0 Å². The van der Waals surface area contributed by atoms with Gasteiger partial charge in [0.2, 0.25) is 11.8 Å². The number of nitrogens with one attached hydrogen (secondary N) is 3. The molecule has 2 fully saturated rings. The molecular formula is C22H34ClN3O3S2. The second-order valence-corrected chi connectivity index (χ2v) is 10.2. The molecule has 0 bridgehead atoms. The second kappa shape index (κ2) is 14.1. The van der Waals surface area contributed by atoms with Gasteiger partial charge in [-0.2, -0.15) is 11.8 Å². The Hall–Kier alpha value is -1.09. The Morgan fingerprint density at radius 3 is 2.61 bits per heavy atom. The number of hydrogen-bond donors (Lipinski definition) is 3. The summed E-state index contributed by atoms with van der Waals surface area (Å²) < 4.78 is 5.17. The quantitative estimate of drug-likeness (QED) is 0.470. The topological polar surface area (TPSA) is 79.5 Å².